The Labute approximate surface area is 177 Å². The van der Waals surface area contributed by atoms with E-state index in [0.717, 1.165) is 37.2 Å². The molecule has 1 amide bonds. The number of benzene rings is 2. The van der Waals surface area contributed by atoms with E-state index >= 15 is 0 Å². The first-order valence-electron chi connectivity index (χ1n) is 10.4. The zero-order valence-corrected chi connectivity index (χ0v) is 17.3. The zero-order valence-electron chi connectivity index (χ0n) is 17.3. The summed E-state index contributed by atoms with van der Waals surface area (Å²) in [6.07, 6.45) is 4.20. The fourth-order valence-electron chi connectivity index (χ4n) is 3.38. The Kier molecular flexibility index (Phi) is 8.12. The van der Waals surface area contributed by atoms with Gasteiger partial charge in [0.25, 0.3) is 5.91 Å². The molecule has 2 aromatic carbocycles. The summed E-state index contributed by atoms with van der Waals surface area (Å²) in [5.74, 6) is 1.12. The van der Waals surface area contributed by atoms with E-state index in [-0.39, 0.29) is 25.2 Å². The van der Waals surface area contributed by atoms with Crippen LogP contribution in [0.15, 0.2) is 54.6 Å². The van der Waals surface area contributed by atoms with E-state index in [4.69, 9.17) is 14.2 Å². The lowest BCUT2D eigenvalue weighted by atomic mass is 9.87. The number of carbonyl (C=O) groups is 2. The molecule has 0 aliphatic heterocycles. The van der Waals surface area contributed by atoms with Gasteiger partial charge < -0.3 is 19.5 Å². The predicted molar refractivity (Wildman–Crippen MR) is 113 cm³/mol. The lowest BCUT2D eigenvalue weighted by molar-refractivity contribution is -0.150. The molecule has 3 rings (SSSR count). The van der Waals surface area contributed by atoms with Gasteiger partial charge in [-0.05, 0) is 61.4 Å². The van der Waals surface area contributed by atoms with E-state index < -0.39 is 5.97 Å². The molecule has 0 heterocycles. The minimum absolute atomic E-state index is 0.186. The maximum Gasteiger partial charge on any atom is 0.344 e. The molecule has 1 N–H and O–H groups in total. The summed E-state index contributed by atoms with van der Waals surface area (Å²) in [7, 11) is 0. The second kappa shape index (κ2) is 11.2. The molecule has 30 heavy (non-hydrogen) atoms. The van der Waals surface area contributed by atoms with Crippen LogP contribution in [0.2, 0.25) is 0 Å². The van der Waals surface area contributed by atoms with Gasteiger partial charge in [-0.3, -0.25) is 4.79 Å². The van der Waals surface area contributed by atoms with Crippen molar-refractivity contribution in [1.29, 1.82) is 0 Å². The Bertz CT molecular complexity index is 798. The number of amides is 1. The summed E-state index contributed by atoms with van der Waals surface area (Å²) in [6, 6.07) is 17.1. The normalized spacial score (nSPS) is 18.3. The third-order valence-corrected chi connectivity index (χ3v) is 5.17. The van der Waals surface area contributed by atoms with Crippen LogP contribution in [-0.2, 0) is 20.9 Å². The molecule has 0 aromatic heterocycles. The summed E-state index contributed by atoms with van der Waals surface area (Å²) < 4.78 is 16.1. The van der Waals surface area contributed by atoms with E-state index in [1.54, 1.807) is 24.3 Å². The van der Waals surface area contributed by atoms with Gasteiger partial charge in [-0.25, -0.2) is 4.79 Å². The second-order valence-electron chi connectivity index (χ2n) is 7.72. The molecule has 0 atom stereocenters. The Morgan fingerprint density at radius 1 is 0.867 bits per heavy atom. The Morgan fingerprint density at radius 2 is 1.50 bits per heavy atom. The van der Waals surface area contributed by atoms with Crippen molar-refractivity contribution in [2.75, 3.05) is 13.2 Å². The van der Waals surface area contributed by atoms with Crippen molar-refractivity contribution < 1.29 is 23.8 Å². The van der Waals surface area contributed by atoms with Crippen LogP contribution < -0.4 is 14.8 Å². The van der Waals surface area contributed by atoms with Crippen LogP contribution in [0.3, 0.4) is 0 Å². The highest BCUT2D eigenvalue weighted by Gasteiger charge is 2.20. The minimum Gasteiger partial charge on any atom is -0.489 e. The van der Waals surface area contributed by atoms with Gasteiger partial charge in [0.15, 0.2) is 13.2 Å². The molecule has 1 saturated carbocycles. The van der Waals surface area contributed by atoms with E-state index in [1.807, 2.05) is 30.3 Å². The van der Waals surface area contributed by atoms with Gasteiger partial charge in [0.1, 0.15) is 18.1 Å². The number of ether oxygens (including phenoxy) is 3. The van der Waals surface area contributed by atoms with Gasteiger partial charge in [-0.2, -0.15) is 0 Å². The van der Waals surface area contributed by atoms with Crippen molar-refractivity contribution in [3.8, 4) is 11.5 Å². The zero-order chi connectivity index (χ0) is 21.2. The molecule has 6 nitrogen and oxygen atoms in total. The van der Waals surface area contributed by atoms with Gasteiger partial charge in [-0.1, -0.05) is 37.3 Å². The average Bonchev–Trinajstić information content (AvgIpc) is 2.78. The predicted octanol–water partition coefficient (Wildman–Crippen LogP) is 3.88. The van der Waals surface area contributed by atoms with Crippen molar-refractivity contribution >= 4 is 11.9 Å². The fourth-order valence-corrected chi connectivity index (χ4v) is 3.38. The molecule has 0 bridgehead atoms. The second-order valence-corrected chi connectivity index (χ2v) is 7.72. The van der Waals surface area contributed by atoms with Gasteiger partial charge in [0.2, 0.25) is 0 Å². The Morgan fingerprint density at radius 3 is 2.17 bits per heavy atom. The van der Waals surface area contributed by atoms with E-state index in [2.05, 4.69) is 12.2 Å². The Hall–Kier alpha value is -3.02. The van der Waals surface area contributed by atoms with Gasteiger partial charge in [0, 0.05) is 6.04 Å². The van der Waals surface area contributed by atoms with Gasteiger partial charge in [-0.15, -0.1) is 0 Å². The van der Waals surface area contributed by atoms with Crippen LogP contribution in [0.4, 0.5) is 0 Å². The molecule has 0 radical (unpaired) electrons. The number of carbonyl (C=O) groups excluding carboxylic acids is 2. The lowest BCUT2D eigenvalue weighted by Gasteiger charge is -2.26. The van der Waals surface area contributed by atoms with Crippen molar-refractivity contribution in [1.82, 2.24) is 5.32 Å². The molecule has 1 aliphatic carbocycles. The first-order valence-corrected chi connectivity index (χ1v) is 10.4. The van der Waals surface area contributed by atoms with Crippen molar-refractivity contribution in [2.45, 2.75) is 45.3 Å². The van der Waals surface area contributed by atoms with Crippen LogP contribution in [0.25, 0.3) is 0 Å². The standard InChI is InChI=1S/C24H29NO5/c1-18-7-9-20(10-8-18)25-23(26)16-30-24(27)17-29-22-13-11-21(12-14-22)28-15-19-5-3-2-4-6-19/h2-6,11-14,18,20H,7-10,15-17H2,1H3,(H,25,26). The van der Waals surface area contributed by atoms with Crippen molar-refractivity contribution in [2.24, 2.45) is 5.92 Å². The van der Waals surface area contributed by atoms with Crippen LogP contribution in [0.1, 0.15) is 38.2 Å². The van der Waals surface area contributed by atoms with Crippen LogP contribution in [-0.4, -0.2) is 31.1 Å². The quantitative estimate of drug-likeness (QED) is 0.634. The number of hydrogen-bond donors (Lipinski definition) is 1. The van der Waals surface area contributed by atoms with Crippen LogP contribution in [0.5, 0.6) is 11.5 Å². The monoisotopic (exact) mass is 411 g/mol. The van der Waals surface area contributed by atoms with Crippen molar-refractivity contribution in [3.05, 3.63) is 60.2 Å². The van der Waals surface area contributed by atoms with Gasteiger partial charge in [0.05, 0.1) is 0 Å². The van der Waals surface area contributed by atoms with Gasteiger partial charge >= 0.3 is 5.97 Å². The molecule has 1 aliphatic rings. The maximum absolute atomic E-state index is 11.9. The summed E-state index contributed by atoms with van der Waals surface area (Å²) in [5, 5.41) is 2.93. The highest BCUT2D eigenvalue weighted by atomic mass is 16.6. The molecule has 0 saturated heterocycles. The first-order chi connectivity index (χ1) is 14.6. The number of hydrogen-bond acceptors (Lipinski definition) is 5. The summed E-state index contributed by atoms with van der Waals surface area (Å²) in [6.45, 7) is 2.18. The van der Waals surface area contributed by atoms with E-state index in [1.165, 1.54) is 0 Å². The van der Waals surface area contributed by atoms with Crippen LogP contribution in [0, 0.1) is 5.92 Å². The van der Waals surface area contributed by atoms with Crippen LogP contribution >= 0.6 is 0 Å². The molecule has 1 fully saturated rings. The summed E-state index contributed by atoms with van der Waals surface area (Å²) in [5.41, 5.74) is 1.09. The molecular weight excluding hydrogens is 382 g/mol. The number of rotatable bonds is 9. The maximum atomic E-state index is 11.9. The Balaban J connectivity index is 1.31. The lowest BCUT2D eigenvalue weighted by Crippen LogP contribution is -2.39. The van der Waals surface area contributed by atoms with E-state index in [0.29, 0.717) is 18.1 Å². The summed E-state index contributed by atoms with van der Waals surface area (Å²) in [4.78, 5) is 23.8. The van der Waals surface area contributed by atoms with Crippen molar-refractivity contribution in [3.63, 3.8) is 0 Å². The third-order valence-electron chi connectivity index (χ3n) is 5.17. The smallest absolute Gasteiger partial charge is 0.344 e. The molecule has 0 unspecified atom stereocenters. The number of nitrogens with one attached hydrogen (secondary N) is 1. The third kappa shape index (κ3) is 7.43. The topological polar surface area (TPSA) is 73.9 Å². The minimum atomic E-state index is -0.577. The molecule has 6 heteroatoms. The summed E-state index contributed by atoms with van der Waals surface area (Å²) >= 11 is 0. The SMILES string of the molecule is CC1CCC(NC(=O)COC(=O)COc2ccc(OCc3ccccc3)cc2)CC1. The van der Waals surface area contributed by atoms with E-state index in [9.17, 15) is 9.59 Å². The molecule has 2 aromatic rings. The highest BCUT2D eigenvalue weighted by Crippen LogP contribution is 2.23. The molecular formula is C24H29NO5. The highest BCUT2D eigenvalue weighted by molar-refractivity contribution is 5.81. The molecule has 160 valence electrons. The largest absolute Gasteiger partial charge is 0.489 e. The fraction of sp³-hybridized carbons (Fsp3) is 0.417. The number of esters is 1. The first kappa shape index (κ1) is 21.7. The molecule has 0 spiro atoms. The average molecular weight is 411 g/mol.